The van der Waals surface area contributed by atoms with E-state index in [1.54, 1.807) is 36.4 Å². The number of nitrogens with one attached hydrogen (secondary N) is 1. The molecule has 3 aromatic rings. The summed E-state index contributed by atoms with van der Waals surface area (Å²) in [5.41, 5.74) is 0.788. The number of amides is 2. The smallest absolute Gasteiger partial charge is 0.418 e. The molecule has 0 radical (unpaired) electrons. The van der Waals surface area contributed by atoms with E-state index in [2.05, 4.69) is 15.5 Å². The molecule has 39 heavy (non-hydrogen) atoms. The molecular weight excluding hydrogens is 517 g/mol. The number of anilines is 2. The predicted octanol–water partition coefficient (Wildman–Crippen LogP) is 4.34. The zero-order chi connectivity index (χ0) is 27.8. The Kier molecular flexibility index (Phi) is 7.00. The lowest BCUT2D eigenvalue weighted by Gasteiger charge is -2.35. The van der Waals surface area contributed by atoms with Crippen LogP contribution < -0.4 is 15.0 Å². The van der Waals surface area contributed by atoms with Gasteiger partial charge in [-0.3, -0.25) is 14.5 Å². The van der Waals surface area contributed by atoms with Gasteiger partial charge < -0.3 is 19.9 Å². The maximum Gasteiger partial charge on any atom is 0.418 e. The lowest BCUT2D eigenvalue weighted by Crippen LogP contribution is -2.44. The van der Waals surface area contributed by atoms with Crippen molar-refractivity contribution >= 4 is 23.2 Å². The van der Waals surface area contributed by atoms with Crippen LogP contribution in [0.3, 0.4) is 0 Å². The van der Waals surface area contributed by atoms with E-state index in [0.29, 0.717) is 55.4 Å². The van der Waals surface area contributed by atoms with Gasteiger partial charge in [0, 0.05) is 18.5 Å². The van der Waals surface area contributed by atoms with Crippen molar-refractivity contribution in [3.63, 3.8) is 0 Å². The normalized spacial score (nSPS) is 16.8. The Hall–Kier alpha value is -4.03. The first-order chi connectivity index (χ1) is 18.6. The van der Waals surface area contributed by atoms with Crippen molar-refractivity contribution in [1.82, 2.24) is 10.2 Å². The molecule has 1 aromatic heterocycles. The highest BCUT2D eigenvalue weighted by Gasteiger charge is 2.42. The third-order valence-corrected chi connectivity index (χ3v) is 6.92. The maximum atomic E-state index is 13.0. The van der Waals surface area contributed by atoms with Crippen molar-refractivity contribution < 1.29 is 37.3 Å². The molecule has 2 amide bonds. The standard InChI is InChI=1S/C27H25F3N4O5/c1-16-2-4-19(32-25(37)21-11-18(14-31-33-21)27(28,29)30)12-20(16)17-3-5-22-23(10-17)39-26(6-8-38-9-7-26)13-24(36)34(22)15-35/h2-5,10-12,14,35H,6-9,13,15H2,1H3,(H,32,37). The molecule has 2 aromatic carbocycles. The van der Waals surface area contributed by atoms with Gasteiger partial charge in [-0.15, -0.1) is 5.10 Å². The van der Waals surface area contributed by atoms with Crippen LogP contribution in [0.5, 0.6) is 5.75 Å². The molecule has 3 heterocycles. The van der Waals surface area contributed by atoms with Crippen LogP contribution in [0.4, 0.5) is 24.5 Å². The van der Waals surface area contributed by atoms with E-state index in [0.717, 1.165) is 16.7 Å². The predicted molar refractivity (Wildman–Crippen MR) is 134 cm³/mol. The Labute approximate surface area is 221 Å². The molecule has 5 rings (SSSR count). The summed E-state index contributed by atoms with van der Waals surface area (Å²) in [6.07, 6.45) is -2.94. The summed E-state index contributed by atoms with van der Waals surface area (Å²) in [5.74, 6) is -0.654. The van der Waals surface area contributed by atoms with Crippen LogP contribution >= 0.6 is 0 Å². The second-order valence-corrected chi connectivity index (χ2v) is 9.53. The fourth-order valence-electron chi connectivity index (χ4n) is 4.78. The number of benzene rings is 2. The Morgan fingerprint density at radius 2 is 1.92 bits per heavy atom. The van der Waals surface area contributed by atoms with Crippen LogP contribution in [0.25, 0.3) is 11.1 Å². The Bertz CT molecular complexity index is 1420. The van der Waals surface area contributed by atoms with Crippen LogP contribution in [0, 0.1) is 6.92 Å². The van der Waals surface area contributed by atoms with Crippen molar-refractivity contribution in [2.24, 2.45) is 0 Å². The van der Waals surface area contributed by atoms with Gasteiger partial charge in [-0.05, 0) is 53.9 Å². The van der Waals surface area contributed by atoms with Gasteiger partial charge in [0.2, 0.25) is 5.91 Å². The van der Waals surface area contributed by atoms with Crippen molar-refractivity contribution in [2.75, 3.05) is 30.2 Å². The minimum atomic E-state index is -4.66. The van der Waals surface area contributed by atoms with E-state index in [-0.39, 0.29) is 12.3 Å². The molecule has 0 aliphatic carbocycles. The number of ether oxygens (including phenoxy) is 2. The summed E-state index contributed by atoms with van der Waals surface area (Å²) in [6.45, 7) is 2.28. The molecule has 1 saturated heterocycles. The van der Waals surface area contributed by atoms with E-state index in [1.807, 2.05) is 6.92 Å². The number of aromatic nitrogens is 2. The van der Waals surface area contributed by atoms with Crippen LogP contribution in [0.2, 0.25) is 0 Å². The van der Waals surface area contributed by atoms with Crippen LogP contribution in [0.1, 0.15) is 40.9 Å². The molecule has 1 fully saturated rings. The van der Waals surface area contributed by atoms with E-state index in [9.17, 15) is 27.9 Å². The average molecular weight is 543 g/mol. The molecule has 0 saturated carbocycles. The van der Waals surface area contributed by atoms with Gasteiger partial charge in [-0.1, -0.05) is 12.1 Å². The second-order valence-electron chi connectivity index (χ2n) is 9.53. The minimum absolute atomic E-state index is 0.111. The van der Waals surface area contributed by atoms with Gasteiger partial charge in [-0.25, -0.2) is 0 Å². The lowest BCUT2D eigenvalue weighted by molar-refractivity contribution is -0.138. The van der Waals surface area contributed by atoms with E-state index < -0.39 is 35.7 Å². The third kappa shape index (κ3) is 5.43. The highest BCUT2D eigenvalue weighted by Crippen LogP contribution is 2.43. The molecule has 2 aliphatic heterocycles. The van der Waals surface area contributed by atoms with Gasteiger partial charge in [-0.2, -0.15) is 18.3 Å². The first-order valence-corrected chi connectivity index (χ1v) is 12.2. The lowest BCUT2D eigenvalue weighted by atomic mass is 9.90. The van der Waals surface area contributed by atoms with Gasteiger partial charge in [0.1, 0.15) is 18.1 Å². The van der Waals surface area contributed by atoms with E-state index in [4.69, 9.17) is 9.47 Å². The Balaban J connectivity index is 1.46. The number of halogens is 3. The fraction of sp³-hybridized carbons (Fsp3) is 0.333. The average Bonchev–Trinajstić information content (AvgIpc) is 3.01. The summed E-state index contributed by atoms with van der Waals surface area (Å²) >= 11 is 0. The maximum absolute atomic E-state index is 13.0. The highest BCUT2D eigenvalue weighted by molar-refractivity contribution is 6.03. The Morgan fingerprint density at radius 1 is 1.15 bits per heavy atom. The first kappa shape index (κ1) is 26.6. The second kappa shape index (κ2) is 10.3. The number of aliphatic hydroxyl groups is 1. The Morgan fingerprint density at radius 3 is 2.64 bits per heavy atom. The molecule has 0 bridgehead atoms. The molecule has 2 aliphatic rings. The number of hydrogen-bond donors (Lipinski definition) is 2. The quantitative estimate of drug-likeness (QED) is 0.504. The van der Waals surface area contributed by atoms with E-state index >= 15 is 0 Å². The molecule has 1 spiro atoms. The van der Waals surface area contributed by atoms with Crippen LogP contribution in [0.15, 0.2) is 48.7 Å². The summed E-state index contributed by atoms with van der Waals surface area (Å²) < 4.78 is 51.0. The number of carbonyl (C=O) groups is 2. The highest BCUT2D eigenvalue weighted by atomic mass is 19.4. The summed E-state index contributed by atoms with van der Waals surface area (Å²) in [5, 5.41) is 19.3. The number of rotatable bonds is 4. The van der Waals surface area contributed by atoms with Crippen molar-refractivity contribution in [3.8, 4) is 16.9 Å². The first-order valence-electron chi connectivity index (χ1n) is 12.2. The number of carbonyl (C=O) groups excluding carboxylic acids is 2. The number of alkyl halides is 3. The third-order valence-electron chi connectivity index (χ3n) is 6.92. The number of aryl methyl sites for hydroxylation is 1. The topological polar surface area (TPSA) is 114 Å². The molecule has 0 unspecified atom stereocenters. The van der Waals surface area contributed by atoms with Gasteiger partial charge >= 0.3 is 6.18 Å². The van der Waals surface area contributed by atoms with Crippen LogP contribution in [-0.2, 0) is 15.7 Å². The summed E-state index contributed by atoms with van der Waals surface area (Å²) in [4.78, 5) is 26.9. The number of aliphatic hydroxyl groups excluding tert-OH is 1. The number of nitrogens with zero attached hydrogens (tertiary/aromatic N) is 3. The molecule has 9 nitrogen and oxygen atoms in total. The molecule has 2 N–H and O–H groups in total. The molecule has 0 atom stereocenters. The molecule has 204 valence electrons. The minimum Gasteiger partial charge on any atom is -0.484 e. The van der Waals surface area contributed by atoms with Crippen molar-refractivity contribution in [3.05, 3.63) is 65.5 Å². The van der Waals surface area contributed by atoms with Gasteiger partial charge in [0.15, 0.2) is 5.69 Å². The SMILES string of the molecule is Cc1ccc(NC(=O)c2cc(C(F)(F)F)cnn2)cc1-c1ccc2c(c1)OC1(CCOCC1)CC(=O)N2CO. The van der Waals surface area contributed by atoms with E-state index in [1.165, 1.54) is 4.90 Å². The van der Waals surface area contributed by atoms with Gasteiger partial charge in [0.25, 0.3) is 5.91 Å². The monoisotopic (exact) mass is 542 g/mol. The van der Waals surface area contributed by atoms with Crippen LogP contribution in [-0.4, -0.2) is 52.7 Å². The van der Waals surface area contributed by atoms with Crippen molar-refractivity contribution in [2.45, 2.75) is 38.0 Å². The zero-order valence-corrected chi connectivity index (χ0v) is 20.9. The zero-order valence-electron chi connectivity index (χ0n) is 20.9. The summed E-state index contributed by atoms with van der Waals surface area (Å²) in [6, 6.07) is 11.0. The number of fused-ring (bicyclic) bond motifs is 1. The molecule has 12 heteroatoms. The number of hydrogen-bond acceptors (Lipinski definition) is 7. The van der Waals surface area contributed by atoms with Crippen molar-refractivity contribution in [1.29, 1.82) is 0 Å². The van der Waals surface area contributed by atoms with Gasteiger partial charge in [0.05, 0.1) is 37.1 Å². The largest absolute Gasteiger partial charge is 0.484 e. The summed E-state index contributed by atoms with van der Waals surface area (Å²) in [7, 11) is 0. The molecular formula is C27H25F3N4O5. The fourth-order valence-corrected chi connectivity index (χ4v) is 4.78.